The molecule has 1 aromatic carbocycles. The Morgan fingerprint density at radius 1 is 1.33 bits per heavy atom. The Bertz CT molecular complexity index is 490. The number of rotatable bonds is 5. The molecule has 21 heavy (non-hydrogen) atoms. The van der Waals surface area contributed by atoms with E-state index in [4.69, 9.17) is 4.74 Å². The summed E-state index contributed by atoms with van der Waals surface area (Å²) in [5.74, 6) is 0.861. The number of nitrogens with one attached hydrogen (secondary N) is 2. The van der Waals surface area contributed by atoms with Crippen LogP contribution in [-0.4, -0.2) is 37.9 Å². The van der Waals surface area contributed by atoms with Gasteiger partial charge in [-0.2, -0.15) is 13.2 Å². The predicted octanol–water partition coefficient (Wildman–Crippen LogP) is 2.02. The van der Waals surface area contributed by atoms with Gasteiger partial charge in [-0.05, 0) is 18.2 Å². The van der Waals surface area contributed by atoms with Gasteiger partial charge in [-0.25, -0.2) is 0 Å². The van der Waals surface area contributed by atoms with E-state index in [-0.39, 0.29) is 24.8 Å². The Morgan fingerprint density at radius 2 is 2.05 bits per heavy atom. The number of phenols is 1. The molecule has 0 aliphatic carbocycles. The van der Waals surface area contributed by atoms with Crippen LogP contribution >= 0.6 is 0 Å². The summed E-state index contributed by atoms with van der Waals surface area (Å²) in [4.78, 5) is 3.81. The van der Waals surface area contributed by atoms with Gasteiger partial charge >= 0.3 is 6.18 Å². The first-order chi connectivity index (χ1) is 9.85. The number of hydrogen-bond acceptors (Lipinski definition) is 3. The van der Waals surface area contributed by atoms with Crippen molar-refractivity contribution in [2.24, 2.45) is 4.99 Å². The molecule has 5 nitrogen and oxygen atoms in total. The van der Waals surface area contributed by atoms with Crippen molar-refractivity contribution in [3.05, 3.63) is 23.8 Å². The summed E-state index contributed by atoms with van der Waals surface area (Å²) in [5.41, 5.74) is 0.549. The molecule has 0 amide bonds. The molecule has 0 aliphatic rings. The summed E-state index contributed by atoms with van der Waals surface area (Å²) < 4.78 is 41.2. The number of nitrogens with zero attached hydrogens (tertiary/aromatic N) is 1. The van der Waals surface area contributed by atoms with E-state index < -0.39 is 12.6 Å². The van der Waals surface area contributed by atoms with Gasteiger partial charge in [0.2, 0.25) is 0 Å². The van der Waals surface area contributed by atoms with Gasteiger partial charge in [0.1, 0.15) is 11.5 Å². The third-order valence-corrected chi connectivity index (χ3v) is 2.66. The van der Waals surface area contributed by atoms with Crippen LogP contribution in [0.25, 0.3) is 0 Å². The SMILES string of the molecule is CN=C(NCCC(F)(F)F)NCc1cc(OC)ccc1O. The van der Waals surface area contributed by atoms with Crippen molar-refractivity contribution in [1.82, 2.24) is 10.6 Å². The Balaban J connectivity index is 2.52. The Kier molecular flexibility index (Phi) is 6.13. The molecule has 0 unspecified atom stereocenters. The van der Waals surface area contributed by atoms with Crippen LogP contribution in [-0.2, 0) is 6.54 Å². The van der Waals surface area contributed by atoms with E-state index in [9.17, 15) is 18.3 Å². The first kappa shape index (κ1) is 16.9. The van der Waals surface area contributed by atoms with Crippen LogP contribution in [0.4, 0.5) is 13.2 Å². The zero-order chi connectivity index (χ0) is 15.9. The maximum atomic E-state index is 12.0. The average Bonchev–Trinajstić information content (AvgIpc) is 2.43. The standard InChI is InChI=1S/C13H18F3N3O2/c1-17-12(18-6-5-13(14,15)16)19-8-9-7-10(21-2)3-4-11(9)20/h3-4,7,20H,5-6,8H2,1-2H3,(H2,17,18,19). The largest absolute Gasteiger partial charge is 0.508 e. The highest BCUT2D eigenvalue weighted by Crippen LogP contribution is 2.22. The number of alkyl halides is 3. The number of hydrogen-bond donors (Lipinski definition) is 3. The van der Waals surface area contributed by atoms with Gasteiger partial charge in [0.25, 0.3) is 0 Å². The Morgan fingerprint density at radius 3 is 2.62 bits per heavy atom. The van der Waals surface area contributed by atoms with E-state index in [0.717, 1.165) is 0 Å². The molecule has 118 valence electrons. The molecule has 3 N–H and O–H groups in total. The fourth-order valence-electron chi connectivity index (χ4n) is 1.55. The third kappa shape index (κ3) is 6.24. The minimum atomic E-state index is -4.21. The van der Waals surface area contributed by atoms with Crippen LogP contribution in [0.15, 0.2) is 23.2 Å². The molecule has 0 aromatic heterocycles. The molecular formula is C13H18F3N3O2. The molecule has 0 atom stereocenters. The molecule has 0 spiro atoms. The van der Waals surface area contributed by atoms with E-state index in [1.54, 1.807) is 12.1 Å². The summed E-state index contributed by atoms with van der Waals surface area (Å²) in [6.45, 7) is -0.0675. The Hall–Kier alpha value is -2.12. The van der Waals surface area contributed by atoms with Crippen LogP contribution in [0.5, 0.6) is 11.5 Å². The normalized spacial score (nSPS) is 12.1. The number of ether oxygens (including phenoxy) is 1. The van der Waals surface area contributed by atoms with Gasteiger partial charge in [-0.15, -0.1) is 0 Å². The van der Waals surface area contributed by atoms with Crippen molar-refractivity contribution < 1.29 is 23.0 Å². The van der Waals surface area contributed by atoms with Crippen molar-refractivity contribution in [1.29, 1.82) is 0 Å². The first-order valence-corrected chi connectivity index (χ1v) is 6.23. The van der Waals surface area contributed by atoms with Crippen LogP contribution in [0.2, 0.25) is 0 Å². The third-order valence-electron chi connectivity index (χ3n) is 2.66. The molecule has 0 heterocycles. The monoisotopic (exact) mass is 305 g/mol. The zero-order valence-electron chi connectivity index (χ0n) is 11.8. The van der Waals surface area contributed by atoms with E-state index in [0.29, 0.717) is 11.3 Å². The molecule has 8 heteroatoms. The van der Waals surface area contributed by atoms with Gasteiger partial charge in [0, 0.05) is 25.7 Å². The molecular weight excluding hydrogens is 287 g/mol. The zero-order valence-corrected chi connectivity index (χ0v) is 11.8. The molecule has 0 fully saturated rings. The fraction of sp³-hybridized carbons (Fsp3) is 0.462. The molecule has 0 radical (unpaired) electrons. The maximum absolute atomic E-state index is 12.0. The van der Waals surface area contributed by atoms with E-state index in [2.05, 4.69) is 15.6 Å². The first-order valence-electron chi connectivity index (χ1n) is 6.23. The number of aliphatic imine (C=N–C) groups is 1. The second-order valence-corrected chi connectivity index (χ2v) is 4.21. The van der Waals surface area contributed by atoms with Crippen molar-refractivity contribution in [2.45, 2.75) is 19.1 Å². The average molecular weight is 305 g/mol. The second-order valence-electron chi connectivity index (χ2n) is 4.21. The van der Waals surface area contributed by atoms with Crippen molar-refractivity contribution in [2.75, 3.05) is 20.7 Å². The van der Waals surface area contributed by atoms with Crippen LogP contribution < -0.4 is 15.4 Å². The molecule has 0 saturated heterocycles. The van der Waals surface area contributed by atoms with Gasteiger partial charge in [0.05, 0.1) is 13.5 Å². The quantitative estimate of drug-likeness (QED) is 0.575. The minimum absolute atomic E-state index is 0.0639. The number of methoxy groups -OCH3 is 1. The molecule has 0 saturated carbocycles. The molecule has 0 aliphatic heterocycles. The summed E-state index contributed by atoms with van der Waals surface area (Å²) in [6.07, 6.45) is -5.16. The van der Waals surface area contributed by atoms with Crippen LogP contribution in [0.3, 0.4) is 0 Å². The summed E-state index contributed by atoms with van der Waals surface area (Å²) in [5, 5.41) is 15.1. The lowest BCUT2D eigenvalue weighted by Crippen LogP contribution is -2.38. The number of guanidine groups is 1. The number of benzene rings is 1. The summed E-state index contributed by atoms with van der Waals surface area (Å²) >= 11 is 0. The highest BCUT2D eigenvalue weighted by molar-refractivity contribution is 5.79. The number of halogens is 3. The van der Waals surface area contributed by atoms with Crippen molar-refractivity contribution in [3.8, 4) is 11.5 Å². The second kappa shape index (κ2) is 7.61. The molecule has 1 rings (SSSR count). The maximum Gasteiger partial charge on any atom is 0.390 e. The topological polar surface area (TPSA) is 65.9 Å². The number of phenolic OH excluding ortho intramolecular Hbond substituents is 1. The van der Waals surface area contributed by atoms with Crippen LogP contribution in [0, 0.1) is 0 Å². The summed E-state index contributed by atoms with van der Waals surface area (Å²) in [7, 11) is 2.95. The van der Waals surface area contributed by atoms with Crippen LogP contribution in [0.1, 0.15) is 12.0 Å². The fourth-order valence-corrected chi connectivity index (χ4v) is 1.55. The molecule has 0 bridgehead atoms. The highest BCUT2D eigenvalue weighted by atomic mass is 19.4. The van der Waals surface area contributed by atoms with E-state index >= 15 is 0 Å². The number of aromatic hydroxyl groups is 1. The smallest absolute Gasteiger partial charge is 0.390 e. The van der Waals surface area contributed by atoms with E-state index in [1.165, 1.54) is 20.2 Å². The van der Waals surface area contributed by atoms with Gasteiger partial charge in [0.15, 0.2) is 5.96 Å². The van der Waals surface area contributed by atoms with Gasteiger partial charge < -0.3 is 20.5 Å². The Labute approximate surface area is 120 Å². The van der Waals surface area contributed by atoms with Gasteiger partial charge in [-0.3, -0.25) is 4.99 Å². The lowest BCUT2D eigenvalue weighted by Gasteiger charge is -2.14. The van der Waals surface area contributed by atoms with Gasteiger partial charge in [-0.1, -0.05) is 0 Å². The summed E-state index contributed by atoms with van der Waals surface area (Å²) in [6, 6.07) is 4.72. The van der Waals surface area contributed by atoms with Crippen molar-refractivity contribution in [3.63, 3.8) is 0 Å². The van der Waals surface area contributed by atoms with E-state index in [1.807, 2.05) is 0 Å². The molecule has 1 aromatic rings. The highest BCUT2D eigenvalue weighted by Gasteiger charge is 2.26. The minimum Gasteiger partial charge on any atom is -0.508 e. The van der Waals surface area contributed by atoms with Crippen molar-refractivity contribution >= 4 is 5.96 Å². The lowest BCUT2D eigenvalue weighted by molar-refractivity contribution is -0.132. The predicted molar refractivity (Wildman–Crippen MR) is 73.5 cm³/mol. The lowest BCUT2D eigenvalue weighted by atomic mass is 10.2.